The minimum absolute atomic E-state index is 0.351. The third kappa shape index (κ3) is 5.24. The Morgan fingerprint density at radius 3 is 2.33 bits per heavy atom. The summed E-state index contributed by atoms with van der Waals surface area (Å²) in [4.78, 5) is 12.2. The van der Waals surface area contributed by atoms with E-state index in [1.165, 1.54) is 6.07 Å². The zero-order valence-electron chi connectivity index (χ0n) is 12.4. The van der Waals surface area contributed by atoms with Crippen molar-refractivity contribution in [3.05, 3.63) is 63.9 Å². The standard InChI is InChI=1S/C16H13BrCl3FN2O/c1-9-2-3-10(8-13(9)21)14(16(18,19)20)23-15(24)22-12-6-4-11(17)5-7-12/h2-8,14H,1H3,(H2,22,23,24)/t14-/m0/s1. The molecular weight excluding hydrogens is 441 g/mol. The summed E-state index contributed by atoms with van der Waals surface area (Å²) in [6.45, 7) is 1.62. The molecule has 0 aliphatic heterocycles. The Balaban J connectivity index is 2.18. The summed E-state index contributed by atoms with van der Waals surface area (Å²) in [6, 6.07) is 9.77. The summed E-state index contributed by atoms with van der Waals surface area (Å²) in [5.41, 5.74) is 1.37. The van der Waals surface area contributed by atoms with Gasteiger partial charge in [-0.05, 0) is 48.4 Å². The predicted octanol–water partition coefficient (Wildman–Crippen LogP) is 6.13. The van der Waals surface area contributed by atoms with Crippen molar-refractivity contribution in [3.63, 3.8) is 0 Å². The molecule has 0 aromatic heterocycles. The molecule has 128 valence electrons. The van der Waals surface area contributed by atoms with E-state index in [4.69, 9.17) is 34.8 Å². The van der Waals surface area contributed by atoms with Crippen LogP contribution in [0.15, 0.2) is 46.9 Å². The number of aryl methyl sites for hydroxylation is 1. The molecule has 0 radical (unpaired) electrons. The van der Waals surface area contributed by atoms with Gasteiger partial charge in [-0.2, -0.15) is 0 Å². The van der Waals surface area contributed by atoms with Gasteiger partial charge in [0.2, 0.25) is 3.79 Å². The lowest BCUT2D eigenvalue weighted by Crippen LogP contribution is -2.39. The quantitative estimate of drug-likeness (QED) is 0.538. The van der Waals surface area contributed by atoms with E-state index in [0.29, 0.717) is 16.8 Å². The summed E-state index contributed by atoms with van der Waals surface area (Å²) in [5, 5.41) is 5.19. The van der Waals surface area contributed by atoms with Crippen LogP contribution in [-0.4, -0.2) is 9.82 Å². The fourth-order valence-corrected chi connectivity index (χ4v) is 2.78. The molecule has 3 nitrogen and oxygen atoms in total. The van der Waals surface area contributed by atoms with Gasteiger partial charge >= 0.3 is 6.03 Å². The first-order valence-electron chi connectivity index (χ1n) is 6.82. The number of nitrogens with one attached hydrogen (secondary N) is 2. The van der Waals surface area contributed by atoms with Crippen molar-refractivity contribution in [3.8, 4) is 0 Å². The van der Waals surface area contributed by atoms with Crippen LogP contribution in [-0.2, 0) is 0 Å². The number of carbonyl (C=O) groups excluding carboxylic acids is 1. The number of urea groups is 1. The molecule has 2 aromatic rings. The molecule has 0 saturated heterocycles. The molecule has 1 atom stereocenters. The molecule has 2 N–H and O–H groups in total. The Labute approximate surface area is 162 Å². The second-order valence-electron chi connectivity index (χ2n) is 5.09. The maximum atomic E-state index is 13.8. The largest absolute Gasteiger partial charge is 0.327 e. The van der Waals surface area contributed by atoms with Crippen molar-refractivity contribution in [2.45, 2.75) is 16.8 Å². The van der Waals surface area contributed by atoms with Crippen LogP contribution in [0, 0.1) is 12.7 Å². The first-order valence-corrected chi connectivity index (χ1v) is 8.75. The minimum Gasteiger partial charge on any atom is -0.327 e. The molecule has 2 rings (SSSR count). The molecule has 0 unspecified atom stereocenters. The smallest absolute Gasteiger partial charge is 0.319 e. The highest BCUT2D eigenvalue weighted by atomic mass is 79.9. The van der Waals surface area contributed by atoms with E-state index < -0.39 is 21.7 Å². The van der Waals surface area contributed by atoms with Gasteiger partial charge in [0.1, 0.15) is 11.9 Å². The second kappa shape index (κ2) is 7.91. The predicted molar refractivity (Wildman–Crippen MR) is 100 cm³/mol. The van der Waals surface area contributed by atoms with Crippen molar-refractivity contribution < 1.29 is 9.18 Å². The lowest BCUT2D eigenvalue weighted by Gasteiger charge is -2.26. The van der Waals surface area contributed by atoms with Crippen LogP contribution in [0.5, 0.6) is 0 Å². The van der Waals surface area contributed by atoms with Gasteiger partial charge in [0.25, 0.3) is 0 Å². The van der Waals surface area contributed by atoms with E-state index >= 15 is 0 Å². The number of anilines is 1. The third-order valence-electron chi connectivity index (χ3n) is 3.23. The van der Waals surface area contributed by atoms with Crippen molar-refractivity contribution in [2.24, 2.45) is 0 Å². The van der Waals surface area contributed by atoms with Gasteiger partial charge in [0.05, 0.1) is 0 Å². The van der Waals surface area contributed by atoms with Gasteiger partial charge in [-0.1, -0.05) is 62.9 Å². The minimum atomic E-state index is -1.85. The summed E-state index contributed by atoms with van der Waals surface area (Å²) in [7, 11) is 0. The Hall–Kier alpha value is -1.01. The van der Waals surface area contributed by atoms with Crippen molar-refractivity contribution >= 4 is 62.5 Å². The molecule has 0 heterocycles. The zero-order chi connectivity index (χ0) is 17.9. The molecular formula is C16H13BrCl3FN2O. The van der Waals surface area contributed by atoms with Crippen LogP contribution in [0.2, 0.25) is 0 Å². The topological polar surface area (TPSA) is 41.1 Å². The van der Waals surface area contributed by atoms with E-state index in [-0.39, 0.29) is 0 Å². The van der Waals surface area contributed by atoms with Gasteiger partial charge in [-0.25, -0.2) is 9.18 Å². The summed E-state index contributed by atoms with van der Waals surface area (Å²) < 4.78 is 12.8. The Morgan fingerprint density at radius 2 is 1.79 bits per heavy atom. The van der Waals surface area contributed by atoms with Gasteiger partial charge < -0.3 is 10.6 Å². The van der Waals surface area contributed by atoms with E-state index in [1.807, 2.05) is 0 Å². The lowest BCUT2D eigenvalue weighted by atomic mass is 10.1. The Morgan fingerprint density at radius 1 is 1.17 bits per heavy atom. The summed E-state index contributed by atoms with van der Waals surface area (Å²) >= 11 is 21.2. The molecule has 0 bridgehead atoms. The lowest BCUT2D eigenvalue weighted by molar-refractivity contribution is 0.248. The molecule has 0 fully saturated rings. The van der Waals surface area contributed by atoms with Crippen LogP contribution in [0.1, 0.15) is 17.2 Å². The molecule has 0 saturated carbocycles. The zero-order valence-corrected chi connectivity index (χ0v) is 16.3. The first-order chi connectivity index (χ1) is 11.2. The SMILES string of the molecule is Cc1ccc([C@H](NC(=O)Nc2ccc(Br)cc2)C(Cl)(Cl)Cl)cc1F. The van der Waals surface area contributed by atoms with Gasteiger partial charge in [0.15, 0.2) is 0 Å². The normalized spacial score (nSPS) is 12.6. The van der Waals surface area contributed by atoms with Crippen LogP contribution in [0.4, 0.5) is 14.9 Å². The van der Waals surface area contributed by atoms with Gasteiger partial charge in [0, 0.05) is 10.2 Å². The fourth-order valence-electron chi connectivity index (χ4n) is 1.97. The first kappa shape index (κ1) is 19.3. The van der Waals surface area contributed by atoms with Crippen molar-refractivity contribution in [1.82, 2.24) is 5.32 Å². The number of amides is 2. The summed E-state index contributed by atoms with van der Waals surface area (Å²) in [5.74, 6) is -0.443. The average Bonchev–Trinajstić information content (AvgIpc) is 2.49. The van der Waals surface area contributed by atoms with Crippen LogP contribution >= 0.6 is 50.7 Å². The number of hydrogen-bond donors (Lipinski definition) is 2. The highest BCUT2D eigenvalue weighted by molar-refractivity contribution is 9.10. The van der Waals surface area contributed by atoms with E-state index in [1.54, 1.807) is 43.3 Å². The third-order valence-corrected chi connectivity index (χ3v) is 4.42. The Bertz CT molecular complexity index is 735. The monoisotopic (exact) mass is 452 g/mol. The Kier molecular flexibility index (Phi) is 6.37. The maximum Gasteiger partial charge on any atom is 0.319 e. The van der Waals surface area contributed by atoms with Crippen molar-refractivity contribution in [1.29, 1.82) is 0 Å². The van der Waals surface area contributed by atoms with E-state index in [0.717, 1.165) is 4.47 Å². The molecule has 0 aliphatic rings. The highest BCUT2D eigenvalue weighted by Crippen LogP contribution is 2.40. The second-order valence-corrected chi connectivity index (χ2v) is 8.37. The number of hydrogen-bond acceptors (Lipinski definition) is 1. The van der Waals surface area contributed by atoms with Crippen LogP contribution < -0.4 is 10.6 Å². The average molecular weight is 455 g/mol. The number of benzene rings is 2. The van der Waals surface area contributed by atoms with E-state index in [9.17, 15) is 9.18 Å². The summed E-state index contributed by atoms with van der Waals surface area (Å²) in [6.07, 6.45) is 0. The van der Waals surface area contributed by atoms with Gasteiger partial charge in [-0.15, -0.1) is 0 Å². The molecule has 8 heteroatoms. The van der Waals surface area contributed by atoms with Crippen molar-refractivity contribution in [2.75, 3.05) is 5.32 Å². The van der Waals surface area contributed by atoms with Gasteiger partial charge in [-0.3, -0.25) is 0 Å². The highest BCUT2D eigenvalue weighted by Gasteiger charge is 2.35. The molecule has 2 amide bonds. The number of rotatable bonds is 3. The number of carbonyl (C=O) groups is 1. The fraction of sp³-hybridized carbons (Fsp3) is 0.188. The number of alkyl halides is 3. The number of halogens is 5. The molecule has 2 aromatic carbocycles. The molecule has 0 spiro atoms. The van der Waals surface area contributed by atoms with Crippen LogP contribution in [0.25, 0.3) is 0 Å². The maximum absolute atomic E-state index is 13.8. The molecule has 0 aliphatic carbocycles. The van der Waals surface area contributed by atoms with E-state index in [2.05, 4.69) is 26.6 Å². The van der Waals surface area contributed by atoms with Crippen LogP contribution in [0.3, 0.4) is 0 Å². The molecule has 24 heavy (non-hydrogen) atoms.